The molecule has 0 saturated heterocycles. The van der Waals surface area contributed by atoms with Crippen LogP contribution in [-0.4, -0.2) is 23.4 Å². The second kappa shape index (κ2) is 9.61. The van der Waals surface area contributed by atoms with Gasteiger partial charge in [0.05, 0.1) is 27.6 Å². The first-order valence-corrected chi connectivity index (χ1v) is 11.8. The molecule has 0 aliphatic carbocycles. The minimum Gasteiger partial charge on any atom is -0.482 e. The van der Waals surface area contributed by atoms with Gasteiger partial charge < -0.3 is 10.1 Å². The highest BCUT2D eigenvalue weighted by atomic mass is 35.5. The van der Waals surface area contributed by atoms with Crippen LogP contribution in [0, 0.1) is 11.6 Å². The van der Waals surface area contributed by atoms with Gasteiger partial charge in [-0.05, 0) is 48.0 Å². The van der Waals surface area contributed by atoms with Gasteiger partial charge in [0, 0.05) is 17.0 Å². The predicted molar refractivity (Wildman–Crippen MR) is 133 cm³/mol. The molecule has 6 nitrogen and oxygen atoms in total. The number of rotatable bonds is 4. The van der Waals surface area contributed by atoms with Crippen LogP contribution in [-0.2, 0) is 4.79 Å². The number of carbonyl (C=O) groups excluding carboxylic acids is 1. The van der Waals surface area contributed by atoms with Gasteiger partial charge >= 0.3 is 0 Å². The van der Waals surface area contributed by atoms with Crippen molar-refractivity contribution in [3.05, 3.63) is 92.0 Å². The van der Waals surface area contributed by atoms with Crippen molar-refractivity contribution in [3.63, 3.8) is 0 Å². The van der Waals surface area contributed by atoms with E-state index in [2.05, 4.69) is 15.4 Å². The van der Waals surface area contributed by atoms with Crippen molar-refractivity contribution in [2.45, 2.75) is 0 Å². The topological polar surface area (TPSA) is 68.0 Å². The van der Waals surface area contributed by atoms with Gasteiger partial charge in [-0.1, -0.05) is 29.3 Å². The minimum atomic E-state index is -0.798. The molecule has 0 spiro atoms. The predicted octanol–water partition coefficient (Wildman–Crippen LogP) is 6.25. The largest absolute Gasteiger partial charge is 0.482 e. The monoisotopic (exact) mass is 530 g/mol. The van der Waals surface area contributed by atoms with Gasteiger partial charge in [0.1, 0.15) is 17.3 Å². The third kappa shape index (κ3) is 4.97. The van der Waals surface area contributed by atoms with Crippen LogP contribution in [0.5, 0.6) is 5.75 Å². The lowest BCUT2D eigenvalue weighted by Crippen LogP contribution is -2.25. The summed E-state index contributed by atoms with van der Waals surface area (Å²) >= 11 is 13.3. The molecular weight excluding hydrogens is 517 g/mol. The third-order valence-corrected chi connectivity index (χ3v) is 6.54. The van der Waals surface area contributed by atoms with Crippen molar-refractivity contribution in [2.75, 3.05) is 11.9 Å². The Kier molecular flexibility index (Phi) is 6.38. The van der Waals surface area contributed by atoms with Crippen LogP contribution < -0.4 is 14.9 Å². The van der Waals surface area contributed by atoms with Crippen molar-refractivity contribution in [1.29, 1.82) is 0 Å². The summed E-state index contributed by atoms with van der Waals surface area (Å²) in [6.45, 7) is -0.0506. The number of halogens is 4. The second-order valence-electron chi connectivity index (χ2n) is 7.39. The molecule has 5 rings (SSSR count). The van der Waals surface area contributed by atoms with E-state index < -0.39 is 11.6 Å². The van der Waals surface area contributed by atoms with Gasteiger partial charge in [-0.25, -0.2) is 18.4 Å². The molecule has 1 aliphatic heterocycles. The van der Waals surface area contributed by atoms with Crippen LogP contribution in [0.3, 0.4) is 0 Å². The standard InChI is InChI=1S/C24H14Cl2F2N4O2S/c25-16-4-1-13(7-17(16)26)10-29-32-21(14-2-6-22-20(8-14)30-23(33)11-34-22)12-35-24(32)31-19-5-3-15(27)9-18(19)28/h1-10,12H,11H2,(H,30,33). The van der Waals surface area contributed by atoms with Gasteiger partial charge in [0.15, 0.2) is 12.4 Å². The summed E-state index contributed by atoms with van der Waals surface area (Å²) < 4.78 is 34.6. The van der Waals surface area contributed by atoms with Crippen LogP contribution in [0.2, 0.25) is 10.0 Å². The van der Waals surface area contributed by atoms with Crippen molar-refractivity contribution in [1.82, 2.24) is 4.68 Å². The van der Waals surface area contributed by atoms with Crippen LogP contribution in [0.25, 0.3) is 11.3 Å². The zero-order valence-corrected chi connectivity index (χ0v) is 20.0. The van der Waals surface area contributed by atoms with Gasteiger partial charge in [0.2, 0.25) is 4.80 Å². The number of hydrogen-bond acceptors (Lipinski definition) is 5. The summed E-state index contributed by atoms with van der Waals surface area (Å²) in [6.07, 6.45) is 1.56. The highest BCUT2D eigenvalue weighted by Gasteiger charge is 2.18. The van der Waals surface area contributed by atoms with E-state index >= 15 is 0 Å². The molecule has 0 bridgehead atoms. The van der Waals surface area contributed by atoms with E-state index in [0.29, 0.717) is 43.1 Å². The number of anilines is 1. The minimum absolute atomic E-state index is 0.0376. The number of hydrogen-bond donors (Lipinski definition) is 1. The molecular formula is C24H14Cl2F2N4O2S. The van der Waals surface area contributed by atoms with Gasteiger partial charge in [-0.2, -0.15) is 5.10 Å². The summed E-state index contributed by atoms with van der Waals surface area (Å²) in [5, 5.41) is 9.89. The van der Waals surface area contributed by atoms with E-state index in [1.54, 1.807) is 41.9 Å². The van der Waals surface area contributed by atoms with E-state index in [1.165, 1.54) is 22.1 Å². The van der Waals surface area contributed by atoms with E-state index in [1.807, 2.05) is 6.07 Å². The molecule has 35 heavy (non-hydrogen) atoms. The number of aromatic nitrogens is 1. The lowest BCUT2D eigenvalue weighted by molar-refractivity contribution is -0.118. The van der Waals surface area contributed by atoms with E-state index in [-0.39, 0.29) is 18.2 Å². The highest BCUT2D eigenvalue weighted by molar-refractivity contribution is 7.07. The lowest BCUT2D eigenvalue weighted by Gasteiger charge is -2.18. The van der Waals surface area contributed by atoms with Crippen molar-refractivity contribution in [3.8, 4) is 17.0 Å². The Hall–Kier alpha value is -3.53. The molecule has 0 radical (unpaired) electrons. The van der Waals surface area contributed by atoms with E-state index in [0.717, 1.165) is 12.1 Å². The Labute approximate surface area is 211 Å². The number of nitrogens with one attached hydrogen (secondary N) is 1. The summed E-state index contributed by atoms with van der Waals surface area (Å²) in [7, 11) is 0. The first-order valence-electron chi connectivity index (χ1n) is 10.1. The maximum atomic E-state index is 14.3. The first kappa shape index (κ1) is 23.2. The Morgan fingerprint density at radius 1 is 1.06 bits per heavy atom. The summed E-state index contributed by atoms with van der Waals surface area (Å²) in [6, 6.07) is 13.5. The normalized spacial score (nSPS) is 13.6. The van der Waals surface area contributed by atoms with Crippen molar-refractivity contribution >= 4 is 58.0 Å². The number of thiazole rings is 1. The quantitative estimate of drug-likeness (QED) is 0.317. The van der Waals surface area contributed by atoms with Crippen molar-refractivity contribution < 1.29 is 18.3 Å². The number of fused-ring (bicyclic) bond motifs is 1. The number of benzene rings is 3. The molecule has 2 heterocycles. The fourth-order valence-corrected chi connectivity index (χ4v) is 4.48. The van der Waals surface area contributed by atoms with E-state index in [9.17, 15) is 13.6 Å². The molecule has 176 valence electrons. The molecule has 11 heteroatoms. The average molecular weight is 531 g/mol. The molecule has 0 unspecified atom stereocenters. The molecule has 0 atom stereocenters. The van der Waals surface area contributed by atoms with Gasteiger partial charge in [-0.15, -0.1) is 11.3 Å². The Bertz CT molecular complexity index is 1570. The summed E-state index contributed by atoms with van der Waals surface area (Å²) in [5.74, 6) is -1.20. The smallest absolute Gasteiger partial charge is 0.262 e. The van der Waals surface area contributed by atoms with Crippen LogP contribution in [0.1, 0.15) is 5.56 Å². The van der Waals surface area contributed by atoms with E-state index in [4.69, 9.17) is 27.9 Å². The number of ether oxygens (including phenoxy) is 1. The zero-order valence-electron chi connectivity index (χ0n) is 17.6. The Morgan fingerprint density at radius 3 is 2.71 bits per heavy atom. The molecule has 3 aromatic carbocycles. The Balaban J connectivity index is 1.64. The van der Waals surface area contributed by atoms with Crippen LogP contribution >= 0.6 is 34.5 Å². The molecule has 0 saturated carbocycles. The lowest BCUT2D eigenvalue weighted by atomic mass is 10.1. The highest BCUT2D eigenvalue weighted by Crippen LogP contribution is 2.33. The van der Waals surface area contributed by atoms with Crippen LogP contribution in [0.4, 0.5) is 20.2 Å². The molecule has 4 aromatic rings. The molecule has 1 aromatic heterocycles. The summed E-state index contributed by atoms with van der Waals surface area (Å²) in [5.41, 5.74) is 2.49. The SMILES string of the molecule is O=C1COc2ccc(-c3csc(=Nc4ccc(F)cc4F)n3N=Cc3ccc(Cl)c(Cl)c3)cc2N1. The Morgan fingerprint density at radius 2 is 1.91 bits per heavy atom. The molecule has 1 amide bonds. The van der Waals surface area contributed by atoms with Gasteiger partial charge in [0.25, 0.3) is 5.91 Å². The zero-order chi connectivity index (χ0) is 24.5. The fourth-order valence-electron chi connectivity index (χ4n) is 3.32. The fraction of sp³-hybridized carbons (Fsp3) is 0.0417. The second-order valence-corrected chi connectivity index (χ2v) is 9.04. The molecule has 0 fully saturated rings. The number of amides is 1. The molecule has 1 N–H and O–H groups in total. The van der Waals surface area contributed by atoms with Crippen molar-refractivity contribution in [2.24, 2.45) is 10.1 Å². The maximum Gasteiger partial charge on any atom is 0.262 e. The first-order chi connectivity index (χ1) is 16.9. The van der Waals surface area contributed by atoms with Crippen LogP contribution in [0.15, 0.2) is 70.1 Å². The molecule has 1 aliphatic rings. The number of nitrogens with zero attached hydrogens (tertiary/aromatic N) is 3. The average Bonchev–Trinajstić information content (AvgIpc) is 3.23. The maximum absolute atomic E-state index is 14.3. The van der Waals surface area contributed by atoms with Gasteiger partial charge in [-0.3, -0.25) is 4.79 Å². The summed E-state index contributed by atoms with van der Waals surface area (Å²) in [4.78, 5) is 16.4. The third-order valence-electron chi connectivity index (χ3n) is 4.99. The number of carbonyl (C=O) groups is 1.